The summed E-state index contributed by atoms with van der Waals surface area (Å²) < 4.78 is 0. The fraction of sp³-hybridized carbons (Fsp3) is 0. The molecule has 6 heavy (non-hydrogen) atoms. The van der Waals surface area contributed by atoms with Crippen LogP contribution >= 0.6 is 84.9 Å². The predicted molar refractivity (Wildman–Crippen MR) is 55.2 cm³/mol. The van der Waals surface area contributed by atoms with Crippen LogP contribution in [0.4, 0.5) is 0 Å². The Kier molecular flexibility index (Phi) is 724. The third kappa shape index (κ3) is 32.8. The van der Waals surface area contributed by atoms with E-state index in [0.717, 1.165) is 0 Å². The lowest BCUT2D eigenvalue weighted by atomic mass is 16.0. The van der Waals surface area contributed by atoms with E-state index in [4.69, 9.17) is 0 Å². The van der Waals surface area contributed by atoms with Crippen LogP contribution in [0.3, 0.4) is 0 Å². The van der Waals surface area contributed by atoms with Crippen molar-refractivity contribution in [3.63, 3.8) is 0 Å². The Hall–Kier alpha value is 2.36. The van der Waals surface area contributed by atoms with Crippen molar-refractivity contribution in [2.75, 3.05) is 0 Å². The lowest BCUT2D eigenvalue weighted by Crippen LogP contribution is -0.289. The molecule has 0 bridgehead atoms. The molecule has 0 aliphatic carbocycles. The Bertz CT molecular complexity index is 3.90. The number of hydrogen-bond donors (Lipinski definition) is 0. The lowest BCUT2D eigenvalue weighted by Gasteiger charge is -0.412. The number of halogens is 5. The molecule has 0 aromatic rings. The first-order valence-corrected chi connectivity index (χ1v) is 0. The molecular weight excluding hydrogens is 416 g/mol. The maximum absolute atomic E-state index is 0. The van der Waals surface area contributed by atoms with Gasteiger partial charge in [0.25, 0.3) is 0 Å². The van der Waals surface area contributed by atoms with Gasteiger partial charge in [-0.25, -0.2) is 0 Å². The minimum atomic E-state index is 0. The Labute approximate surface area is 89.4 Å². The van der Waals surface area contributed by atoms with E-state index >= 15 is 0 Å². The van der Waals surface area contributed by atoms with Gasteiger partial charge in [0.1, 0.15) is 0 Å². The molecule has 0 radical (unpaired) electrons. The molecule has 0 fully saturated rings. The van der Waals surface area contributed by atoms with Crippen LogP contribution in [0.15, 0.2) is 0 Å². The molecule has 0 heterocycles. The molecule has 0 rings (SSSR count). The summed E-state index contributed by atoms with van der Waals surface area (Å²) in [6.07, 6.45) is 0. The summed E-state index contributed by atoms with van der Waals surface area (Å²) in [7, 11) is 0. The van der Waals surface area contributed by atoms with Gasteiger partial charge in [-0.3, -0.25) is 0 Å². The second-order valence-corrected chi connectivity index (χ2v) is 0. The van der Waals surface area contributed by atoms with E-state index in [-0.39, 0.29) is 90.4 Å². The smallest absolute Gasteiger partial charge is 0.114 e. The van der Waals surface area contributed by atoms with Crippen molar-refractivity contribution < 1.29 is 5.48 Å². The Morgan fingerprint density at radius 1 is 0.333 bits per heavy atom. The van der Waals surface area contributed by atoms with Crippen LogP contribution in [-0.2, 0) is 0 Å². The number of rotatable bonds is 0. The first kappa shape index (κ1) is 81.3. The van der Waals surface area contributed by atoms with E-state index in [0.29, 0.717) is 0 Å². The van der Waals surface area contributed by atoms with Gasteiger partial charge in [0.05, 0.1) is 0 Å². The average molecular weight is 423 g/mol. The summed E-state index contributed by atoms with van der Waals surface area (Å²) in [4.78, 5) is 0. The molecule has 0 amide bonds. The van der Waals surface area contributed by atoms with Crippen LogP contribution in [0.5, 0.6) is 0 Å². The fourth-order valence-electron chi connectivity index (χ4n) is 0. The summed E-state index contributed by atoms with van der Waals surface area (Å²) in [6, 6.07) is 0. The molecule has 0 aromatic carbocycles. The van der Waals surface area contributed by atoms with E-state index in [2.05, 4.69) is 0 Å². The first-order chi connectivity index (χ1) is 0. The second kappa shape index (κ2) is 53.5. The first-order valence-electron chi connectivity index (χ1n) is 0. The van der Waals surface area contributed by atoms with Crippen molar-refractivity contribution in [1.29, 1.82) is 0 Å². The van der Waals surface area contributed by atoms with E-state index in [1.54, 1.807) is 0 Å². The van der Waals surface area contributed by atoms with Gasteiger partial charge in [-0.2, -0.15) is 0 Å². The highest BCUT2D eigenvalue weighted by molar-refractivity contribution is 8.93. The maximum atomic E-state index is 0. The van der Waals surface area contributed by atoms with Crippen molar-refractivity contribution in [2.24, 2.45) is 0 Å². The Morgan fingerprint density at radius 2 is 0.333 bits per heavy atom. The van der Waals surface area contributed by atoms with Gasteiger partial charge >= 0.3 is 0 Å². The van der Waals surface area contributed by atoms with Crippen molar-refractivity contribution in [3.8, 4) is 0 Å². The topological polar surface area (TPSA) is 31.5 Å². The predicted octanol–water partition coefficient (Wildman–Crippen LogP) is 2.06. The fourth-order valence-corrected chi connectivity index (χ4v) is 0. The number of hydrogen-bond acceptors (Lipinski definition) is 0. The van der Waals surface area contributed by atoms with Gasteiger partial charge in [0, 0.05) is 0 Å². The SMILES string of the molecule is Br.Br.Br.Br.Br.O. The third-order valence-electron chi connectivity index (χ3n) is 0. The summed E-state index contributed by atoms with van der Waals surface area (Å²) >= 11 is 0. The third-order valence-corrected chi connectivity index (χ3v) is 0. The maximum Gasteiger partial charge on any atom is -0.114 e. The molecule has 2 N–H and O–H groups in total. The molecule has 0 aliphatic rings. The zero-order valence-corrected chi connectivity index (χ0v) is 11.1. The summed E-state index contributed by atoms with van der Waals surface area (Å²) in [5.74, 6) is 0. The zero-order chi connectivity index (χ0) is 0. The molecule has 0 aliphatic heterocycles. The average Bonchev–Trinajstić information content (AvgIpc) is 0. The zero-order valence-electron chi connectivity index (χ0n) is 2.54. The highest BCUT2D eigenvalue weighted by Crippen LogP contribution is 0.850. The molecule has 48 valence electrons. The van der Waals surface area contributed by atoms with Crippen LogP contribution in [0.2, 0.25) is 0 Å². The molecule has 6 heteroatoms. The Morgan fingerprint density at radius 3 is 0.333 bits per heavy atom. The monoisotopic (exact) mass is 418 g/mol. The highest BCUT2D eigenvalue weighted by Gasteiger charge is -0.110. The van der Waals surface area contributed by atoms with Crippen molar-refractivity contribution in [1.82, 2.24) is 0 Å². The van der Waals surface area contributed by atoms with E-state index in [9.17, 15) is 0 Å². The van der Waals surface area contributed by atoms with Gasteiger partial charge in [0.15, 0.2) is 0 Å². The molecule has 1 nitrogen and oxygen atoms in total. The van der Waals surface area contributed by atoms with Crippen LogP contribution < -0.4 is 0 Å². The van der Waals surface area contributed by atoms with Gasteiger partial charge in [-0.05, 0) is 0 Å². The molecule has 0 spiro atoms. The van der Waals surface area contributed by atoms with Crippen LogP contribution in [0.1, 0.15) is 0 Å². The van der Waals surface area contributed by atoms with Gasteiger partial charge < -0.3 is 5.48 Å². The molecule has 0 saturated carbocycles. The highest BCUT2D eigenvalue weighted by atomic mass is 79.9. The minimum Gasteiger partial charge on any atom is -0.412 e. The van der Waals surface area contributed by atoms with Crippen LogP contribution in [0.25, 0.3) is 0 Å². The summed E-state index contributed by atoms with van der Waals surface area (Å²) in [5.41, 5.74) is 0. The standard InChI is InChI=1S/5BrH.H2O/h5*1H;1H2. The van der Waals surface area contributed by atoms with E-state index in [1.165, 1.54) is 0 Å². The molecule has 0 atom stereocenters. The van der Waals surface area contributed by atoms with E-state index in [1.807, 2.05) is 0 Å². The second-order valence-electron chi connectivity index (χ2n) is 0. The van der Waals surface area contributed by atoms with Crippen molar-refractivity contribution in [3.05, 3.63) is 0 Å². The lowest BCUT2D eigenvalue weighted by molar-refractivity contribution is 0.824. The van der Waals surface area contributed by atoms with Crippen LogP contribution in [-0.4, -0.2) is 5.48 Å². The summed E-state index contributed by atoms with van der Waals surface area (Å²) in [6.45, 7) is 0. The molecule has 0 saturated heterocycles. The molecule has 0 unspecified atom stereocenters. The van der Waals surface area contributed by atoms with Crippen molar-refractivity contribution in [2.45, 2.75) is 0 Å². The van der Waals surface area contributed by atoms with Crippen LogP contribution in [0, 0.1) is 0 Å². The molecule has 0 aromatic heterocycles. The minimum absolute atomic E-state index is 0. The van der Waals surface area contributed by atoms with E-state index < -0.39 is 0 Å². The van der Waals surface area contributed by atoms with Gasteiger partial charge in [-0.15, -0.1) is 84.9 Å². The largest absolute Gasteiger partial charge is 0.412 e. The van der Waals surface area contributed by atoms with Crippen molar-refractivity contribution >= 4 is 84.9 Å². The normalized spacial score (nSPS) is 0. The molecular formula is H7Br5O. The Balaban J connectivity index is 0. The summed E-state index contributed by atoms with van der Waals surface area (Å²) in [5, 5.41) is 0. The van der Waals surface area contributed by atoms with Gasteiger partial charge in [0.2, 0.25) is 0 Å². The van der Waals surface area contributed by atoms with Gasteiger partial charge in [-0.1, -0.05) is 0 Å². The quantitative estimate of drug-likeness (QED) is 0.573.